The number of carbonyl (C=O) groups is 2. The van der Waals surface area contributed by atoms with Crippen molar-refractivity contribution in [3.8, 4) is 5.75 Å². The summed E-state index contributed by atoms with van der Waals surface area (Å²) in [6.45, 7) is 3.48. The van der Waals surface area contributed by atoms with Gasteiger partial charge in [-0.15, -0.1) is 11.8 Å². The standard InChI is InChI=1S/C29H25ClN2O5S2/c1-19-3-4-20(2)27(17-19)39(35,36)37-25-13-9-23(10-14-25)29(34)32-31-28(33)22-7-5-21(6-8-22)18-38-26-15-11-24(30)12-16-26/h3-17H,18H2,1-2H3,(H,31,33)(H,32,34). The summed E-state index contributed by atoms with van der Waals surface area (Å²) in [6, 6.07) is 25.3. The third-order valence-electron chi connectivity index (χ3n) is 5.66. The topological polar surface area (TPSA) is 102 Å². The van der Waals surface area contributed by atoms with Gasteiger partial charge in [0.25, 0.3) is 11.8 Å². The van der Waals surface area contributed by atoms with Crippen LogP contribution in [0.1, 0.15) is 37.4 Å². The van der Waals surface area contributed by atoms with Gasteiger partial charge in [-0.2, -0.15) is 8.42 Å². The first-order chi connectivity index (χ1) is 18.6. The third kappa shape index (κ3) is 7.63. The molecule has 0 saturated carbocycles. The molecule has 10 heteroatoms. The van der Waals surface area contributed by atoms with E-state index in [1.165, 1.54) is 24.3 Å². The lowest BCUT2D eigenvalue weighted by molar-refractivity contribution is 0.0846. The van der Waals surface area contributed by atoms with Gasteiger partial charge in [0.1, 0.15) is 10.6 Å². The maximum Gasteiger partial charge on any atom is 0.339 e. The minimum Gasteiger partial charge on any atom is -0.379 e. The number of amides is 2. The van der Waals surface area contributed by atoms with Crippen molar-refractivity contribution in [2.24, 2.45) is 0 Å². The van der Waals surface area contributed by atoms with E-state index >= 15 is 0 Å². The van der Waals surface area contributed by atoms with Gasteiger partial charge in [-0.3, -0.25) is 20.4 Å². The van der Waals surface area contributed by atoms with Gasteiger partial charge in [-0.1, -0.05) is 35.9 Å². The summed E-state index contributed by atoms with van der Waals surface area (Å²) in [6.07, 6.45) is 0. The first-order valence-electron chi connectivity index (χ1n) is 11.8. The van der Waals surface area contributed by atoms with E-state index in [2.05, 4.69) is 10.9 Å². The molecule has 39 heavy (non-hydrogen) atoms. The van der Waals surface area contributed by atoms with Crippen LogP contribution < -0.4 is 15.0 Å². The van der Waals surface area contributed by atoms with E-state index in [1.54, 1.807) is 49.9 Å². The third-order valence-corrected chi connectivity index (χ3v) is 8.39. The van der Waals surface area contributed by atoms with Crippen LogP contribution in [-0.2, 0) is 15.9 Å². The number of halogens is 1. The predicted octanol–water partition coefficient (Wildman–Crippen LogP) is 6.09. The molecule has 0 unspecified atom stereocenters. The quantitative estimate of drug-likeness (QED) is 0.148. The molecule has 0 saturated heterocycles. The molecule has 0 spiro atoms. The molecule has 0 heterocycles. The van der Waals surface area contributed by atoms with Gasteiger partial charge >= 0.3 is 10.1 Å². The van der Waals surface area contributed by atoms with Crippen LogP contribution in [0.15, 0.2) is 101 Å². The summed E-state index contributed by atoms with van der Waals surface area (Å²) in [5.74, 6) is -0.250. The van der Waals surface area contributed by atoms with Gasteiger partial charge in [-0.05, 0) is 97.3 Å². The van der Waals surface area contributed by atoms with E-state index in [9.17, 15) is 18.0 Å². The Morgan fingerprint density at radius 3 is 1.95 bits per heavy atom. The number of aryl methyl sites for hydroxylation is 2. The van der Waals surface area contributed by atoms with Crippen LogP contribution in [0, 0.1) is 13.8 Å². The largest absolute Gasteiger partial charge is 0.379 e. The number of benzene rings is 4. The molecule has 2 amide bonds. The van der Waals surface area contributed by atoms with E-state index in [-0.39, 0.29) is 16.2 Å². The number of carbonyl (C=O) groups excluding carboxylic acids is 2. The Labute approximate surface area is 236 Å². The second-order valence-electron chi connectivity index (χ2n) is 8.68. The Kier molecular flexibility index (Phi) is 8.96. The van der Waals surface area contributed by atoms with E-state index in [0.29, 0.717) is 16.1 Å². The monoisotopic (exact) mass is 580 g/mol. The zero-order valence-corrected chi connectivity index (χ0v) is 23.5. The van der Waals surface area contributed by atoms with Gasteiger partial charge < -0.3 is 4.18 Å². The second kappa shape index (κ2) is 12.4. The first kappa shape index (κ1) is 28.2. The number of nitrogens with one attached hydrogen (secondary N) is 2. The number of thioether (sulfide) groups is 1. The van der Waals surface area contributed by atoms with Crippen molar-refractivity contribution in [2.45, 2.75) is 29.4 Å². The summed E-state index contributed by atoms with van der Waals surface area (Å²) in [5, 5.41) is 0.687. The lowest BCUT2D eigenvalue weighted by Gasteiger charge is -2.11. The zero-order valence-electron chi connectivity index (χ0n) is 21.1. The molecule has 200 valence electrons. The highest BCUT2D eigenvalue weighted by Gasteiger charge is 2.20. The molecular weight excluding hydrogens is 556 g/mol. The van der Waals surface area contributed by atoms with Crippen LogP contribution in [0.25, 0.3) is 0 Å². The average Bonchev–Trinajstić information content (AvgIpc) is 2.93. The SMILES string of the molecule is Cc1ccc(C)c(S(=O)(=O)Oc2ccc(C(=O)NNC(=O)c3ccc(CSc4ccc(Cl)cc4)cc3)cc2)c1. The maximum atomic E-state index is 12.7. The van der Waals surface area contributed by atoms with Crippen LogP contribution in [0.5, 0.6) is 5.75 Å². The Balaban J connectivity index is 1.29. The average molecular weight is 581 g/mol. The highest BCUT2D eigenvalue weighted by Crippen LogP contribution is 2.25. The summed E-state index contributed by atoms with van der Waals surface area (Å²) >= 11 is 7.57. The van der Waals surface area contributed by atoms with Crippen molar-refractivity contribution in [1.29, 1.82) is 0 Å². The maximum absolute atomic E-state index is 12.7. The summed E-state index contributed by atoms with van der Waals surface area (Å²) in [5.41, 5.74) is 7.74. The predicted molar refractivity (Wildman–Crippen MR) is 153 cm³/mol. The first-order valence-corrected chi connectivity index (χ1v) is 14.6. The van der Waals surface area contributed by atoms with Gasteiger partial charge in [0.15, 0.2) is 0 Å². The zero-order chi connectivity index (χ0) is 28.0. The van der Waals surface area contributed by atoms with E-state index < -0.39 is 21.9 Å². The summed E-state index contributed by atoms with van der Waals surface area (Å²) in [7, 11) is -4.04. The second-order valence-corrected chi connectivity index (χ2v) is 11.7. The van der Waals surface area contributed by atoms with Crippen LogP contribution in [-0.4, -0.2) is 20.2 Å². The number of hydrazine groups is 1. The van der Waals surface area contributed by atoms with Crippen LogP contribution in [0.3, 0.4) is 0 Å². The molecule has 4 rings (SSSR count). The molecule has 2 N–H and O–H groups in total. The summed E-state index contributed by atoms with van der Waals surface area (Å²) in [4.78, 5) is 26.1. The van der Waals surface area contributed by atoms with E-state index in [1.807, 2.05) is 42.5 Å². The van der Waals surface area contributed by atoms with Gasteiger partial charge in [0.2, 0.25) is 0 Å². The van der Waals surface area contributed by atoms with Gasteiger partial charge in [-0.25, -0.2) is 0 Å². The van der Waals surface area contributed by atoms with E-state index in [4.69, 9.17) is 15.8 Å². The molecule has 0 aliphatic carbocycles. The Morgan fingerprint density at radius 1 is 0.795 bits per heavy atom. The minimum atomic E-state index is -4.04. The van der Waals surface area contributed by atoms with Crippen molar-refractivity contribution < 1.29 is 22.2 Å². The summed E-state index contributed by atoms with van der Waals surface area (Å²) < 4.78 is 30.6. The minimum absolute atomic E-state index is 0.0609. The van der Waals surface area contributed by atoms with Crippen molar-refractivity contribution in [2.75, 3.05) is 0 Å². The van der Waals surface area contributed by atoms with Crippen LogP contribution >= 0.6 is 23.4 Å². The van der Waals surface area contributed by atoms with Gasteiger partial charge in [0.05, 0.1) is 0 Å². The van der Waals surface area contributed by atoms with Crippen molar-refractivity contribution in [1.82, 2.24) is 10.9 Å². The smallest absolute Gasteiger partial charge is 0.339 e. The number of rotatable bonds is 8. The fourth-order valence-corrected chi connectivity index (χ4v) is 5.74. The fraction of sp³-hybridized carbons (Fsp3) is 0.103. The van der Waals surface area contributed by atoms with Crippen molar-refractivity contribution in [3.63, 3.8) is 0 Å². The molecule has 0 aromatic heterocycles. The Bertz CT molecular complexity index is 1590. The molecule has 0 radical (unpaired) electrons. The fourth-order valence-electron chi connectivity index (χ4n) is 3.52. The molecular formula is C29H25ClN2O5S2. The molecule has 7 nitrogen and oxygen atoms in total. The highest BCUT2D eigenvalue weighted by molar-refractivity contribution is 7.98. The highest BCUT2D eigenvalue weighted by atomic mass is 35.5. The molecule has 0 atom stereocenters. The molecule has 0 fully saturated rings. The Morgan fingerprint density at radius 2 is 1.36 bits per heavy atom. The number of hydrogen-bond acceptors (Lipinski definition) is 6. The van der Waals surface area contributed by atoms with Crippen molar-refractivity contribution >= 4 is 45.3 Å². The van der Waals surface area contributed by atoms with Gasteiger partial charge in [0, 0.05) is 26.8 Å². The number of hydrogen-bond donors (Lipinski definition) is 2. The lowest BCUT2D eigenvalue weighted by Crippen LogP contribution is -2.41. The molecule has 0 bridgehead atoms. The molecule has 4 aromatic rings. The lowest BCUT2D eigenvalue weighted by atomic mass is 10.1. The normalized spacial score (nSPS) is 11.1. The molecule has 0 aliphatic heterocycles. The Hall–Kier alpha value is -3.79. The van der Waals surface area contributed by atoms with Crippen molar-refractivity contribution in [3.05, 3.63) is 124 Å². The van der Waals surface area contributed by atoms with Crippen LogP contribution in [0.2, 0.25) is 5.02 Å². The van der Waals surface area contributed by atoms with Crippen LogP contribution in [0.4, 0.5) is 0 Å². The van der Waals surface area contributed by atoms with E-state index in [0.717, 1.165) is 21.8 Å². The molecule has 0 aliphatic rings. The molecule has 4 aromatic carbocycles.